The minimum absolute atomic E-state index is 0.0522. The topological polar surface area (TPSA) is 61.8 Å². The lowest BCUT2D eigenvalue weighted by Gasteiger charge is -2.39. The van der Waals surface area contributed by atoms with E-state index in [1.165, 1.54) is 13.5 Å². The highest BCUT2D eigenvalue weighted by atomic mass is 79.9. The second kappa shape index (κ2) is 9.57. The number of hydrogen-bond acceptors (Lipinski definition) is 5. The largest absolute Gasteiger partial charge is 0.503 e. The highest BCUT2D eigenvalue weighted by Gasteiger charge is 2.42. The summed E-state index contributed by atoms with van der Waals surface area (Å²) in [4.78, 5) is 16.3. The molecular weight excluding hydrogens is 476 g/mol. The van der Waals surface area contributed by atoms with Crippen LogP contribution in [0.25, 0.3) is 6.08 Å². The number of carbonyl (C=O) groups is 1. The highest BCUT2D eigenvalue weighted by molar-refractivity contribution is 9.10. The van der Waals surface area contributed by atoms with E-state index in [4.69, 9.17) is 4.74 Å². The molecule has 3 atom stereocenters. The van der Waals surface area contributed by atoms with Crippen molar-refractivity contribution >= 4 is 45.4 Å². The fourth-order valence-electron chi connectivity index (χ4n) is 4.35. The Kier molecular flexibility index (Phi) is 6.82. The van der Waals surface area contributed by atoms with Gasteiger partial charge in [0.2, 0.25) is 0 Å². The Balaban J connectivity index is 1.67. The van der Waals surface area contributed by atoms with E-state index in [9.17, 15) is 9.90 Å². The van der Waals surface area contributed by atoms with Crippen LogP contribution in [0, 0.1) is 5.92 Å². The fraction of sp³-hybridized carbons (Fsp3) is 0.375. The molecule has 1 saturated carbocycles. The third kappa shape index (κ3) is 4.72. The summed E-state index contributed by atoms with van der Waals surface area (Å²) in [5.41, 5.74) is 1.64. The fourth-order valence-corrected chi connectivity index (χ4v) is 6.02. The van der Waals surface area contributed by atoms with Crippen molar-refractivity contribution in [1.82, 2.24) is 4.90 Å². The molecule has 31 heavy (non-hydrogen) atoms. The zero-order valence-electron chi connectivity index (χ0n) is 17.7. The Labute approximate surface area is 196 Å². The minimum Gasteiger partial charge on any atom is -0.503 e. The molecule has 0 radical (unpaired) electrons. The maximum absolute atomic E-state index is 13.6. The number of methoxy groups -OCH3 is 1. The number of aromatic hydroxyl groups is 1. The second-order valence-corrected chi connectivity index (χ2v) is 10.1. The molecule has 1 unspecified atom stereocenters. The number of para-hydroxylation sites is 1. The van der Waals surface area contributed by atoms with E-state index < -0.39 is 0 Å². The molecule has 1 saturated heterocycles. The number of nitrogens with zero attached hydrogens (tertiary/aromatic N) is 1. The monoisotopic (exact) mass is 502 g/mol. The van der Waals surface area contributed by atoms with Crippen molar-refractivity contribution in [3.8, 4) is 11.5 Å². The number of hydrogen-bond donors (Lipinski definition) is 2. The third-order valence-corrected chi connectivity index (χ3v) is 7.71. The standard InChI is InChI=1S/C24H27BrN2O3S/c1-15-8-6-7-11-19(15)27-23(29)21(31-24(27)26-17-9-4-3-5-10-17)14-16-12-18(25)22(28)20(13-16)30-2/h3-5,9-10,12-15,19,24,26,28H,6-8,11H2,1-2H3/b21-14-/t15-,19-,24?/m0/s1. The Bertz CT molecular complexity index is 982. The number of anilines is 1. The van der Waals surface area contributed by atoms with Gasteiger partial charge in [-0.1, -0.05) is 49.7 Å². The zero-order valence-corrected chi connectivity index (χ0v) is 20.1. The van der Waals surface area contributed by atoms with Gasteiger partial charge < -0.3 is 20.1 Å². The average molecular weight is 503 g/mol. The number of phenolic OH excluding ortho intramolecular Hbond substituents is 1. The van der Waals surface area contributed by atoms with Crippen LogP contribution in [0.1, 0.15) is 38.2 Å². The molecule has 5 nitrogen and oxygen atoms in total. The first-order valence-corrected chi connectivity index (χ1v) is 12.2. The predicted molar refractivity (Wildman–Crippen MR) is 130 cm³/mol. The summed E-state index contributed by atoms with van der Waals surface area (Å²) in [6.07, 6.45) is 6.45. The zero-order chi connectivity index (χ0) is 22.0. The van der Waals surface area contributed by atoms with Crippen LogP contribution in [0.4, 0.5) is 5.69 Å². The number of benzene rings is 2. The lowest BCUT2D eigenvalue weighted by Crippen LogP contribution is -2.48. The Hall–Kier alpha value is -2.12. The van der Waals surface area contributed by atoms with Crippen LogP contribution in [0.15, 0.2) is 51.8 Å². The maximum Gasteiger partial charge on any atom is 0.262 e. The molecule has 4 rings (SSSR count). The summed E-state index contributed by atoms with van der Waals surface area (Å²) in [6, 6.07) is 13.8. The number of amides is 1. The molecule has 2 aliphatic rings. The average Bonchev–Trinajstić information content (AvgIpc) is 3.06. The van der Waals surface area contributed by atoms with Gasteiger partial charge in [0.1, 0.15) is 0 Å². The van der Waals surface area contributed by atoms with E-state index in [2.05, 4.69) is 28.2 Å². The molecule has 2 aromatic rings. The first-order valence-electron chi connectivity index (χ1n) is 10.6. The van der Waals surface area contributed by atoms with Crippen LogP contribution in [0.5, 0.6) is 11.5 Å². The van der Waals surface area contributed by atoms with Gasteiger partial charge in [-0.15, -0.1) is 0 Å². The molecule has 2 fully saturated rings. The predicted octanol–water partition coefficient (Wildman–Crippen LogP) is 6.05. The molecule has 0 spiro atoms. The van der Waals surface area contributed by atoms with Gasteiger partial charge in [0, 0.05) is 11.7 Å². The normalized spacial score (nSPS) is 25.1. The molecule has 1 aliphatic carbocycles. The van der Waals surface area contributed by atoms with E-state index in [1.54, 1.807) is 23.9 Å². The molecule has 1 heterocycles. The first kappa shape index (κ1) is 22.1. The van der Waals surface area contributed by atoms with Gasteiger partial charge >= 0.3 is 0 Å². The number of ether oxygens (including phenoxy) is 1. The van der Waals surface area contributed by atoms with Gasteiger partial charge in [0.25, 0.3) is 5.91 Å². The lowest BCUT2D eigenvalue weighted by molar-refractivity contribution is -0.129. The van der Waals surface area contributed by atoms with E-state index in [-0.39, 0.29) is 23.2 Å². The number of nitrogens with one attached hydrogen (secondary N) is 1. The van der Waals surface area contributed by atoms with Crippen molar-refractivity contribution in [3.63, 3.8) is 0 Å². The molecular formula is C24H27BrN2O3S. The van der Waals surface area contributed by atoms with Gasteiger partial charge in [0.15, 0.2) is 17.0 Å². The van der Waals surface area contributed by atoms with Gasteiger partial charge in [0.05, 0.1) is 16.5 Å². The summed E-state index contributed by atoms with van der Waals surface area (Å²) >= 11 is 4.91. The van der Waals surface area contributed by atoms with Gasteiger partial charge in [-0.2, -0.15) is 0 Å². The van der Waals surface area contributed by atoms with Crippen molar-refractivity contribution in [2.24, 2.45) is 5.92 Å². The molecule has 7 heteroatoms. The number of rotatable bonds is 5. The van der Waals surface area contributed by atoms with E-state index in [0.717, 1.165) is 30.5 Å². The molecule has 0 bridgehead atoms. The molecule has 0 aromatic heterocycles. The van der Waals surface area contributed by atoms with Crippen LogP contribution in [0.2, 0.25) is 0 Å². The maximum atomic E-state index is 13.6. The number of phenols is 1. The smallest absolute Gasteiger partial charge is 0.262 e. The van der Waals surface area contributed by atoms with Crippen molar-refractivity contribution in [2.45, 2.75) is 44.1 Å². The van der Waals surface area contributed by atoms with Crippen molar-refractivity contribution < 1.29 is 14.6 Å². The van der Waals surface area contributed by atoms with E-state index >= 15 is 0 Å². The van der Waals surface area contributed by atoms with Gasteiger partial charge in [-0.25, -0.2) is 0 Å². The minimum atomic E-state index is -0.158. The van der Waals surface area contributed by atoms with E-state index in [0.29, 0.717) is 21.0 Å². The number of thioether (sulfide) groups is 1. The molecule has 1 aliphatic heterocycles. The van der Waals surface area contributed by atoms with Gasteiger partial charge in [-0.05, 0) is 70.6 Å². The first-order chi connectivity index (χ1) is 15.0. The molecule has 1 amide bonds. The number of halogens is 1. The number of carbonyl (C=O) groups excluding carboxylic acids is 1. The Morgan fingerprint density at radius 2 is 1.97 bits per heavy atom. The van der Waals surface area contributed by atoms with Crippen LogP contribution < -0.4 is 10.1 Å². The summed E-state index contributed by atoms with van der Waals surface area (Å²) in [7, 11) is 1.51. The molecule has 164 valence electrons. The SMILES string of the molecule is COc1cc(/C=C2\SC(Nc3ccccc3)N([C@H]3CCCC[C@@H]3C)C2=O)cc(Br)c1O. The summed E-state index contributed by atoms with van der Waals surface area (Å²) in [6.45, 7) is 2.25. The summed E-state index contributed by atoms with van der Waals surface area (Å²) in [5.74, 6) is 0.950. The van der Waals surface area contributed by atoms with Crippen LogP contribution in [0.3, 0.4) is 0 Å². The van der Waals surface area contributed by atoms with Crippen LogP contribution in [-0.2, 0) is 4.79 Å². The van der Waals surface area contributed by atoms with Crippen LogP contribution in [-0.4, -0.2) is 34.6 Å². The highest BCUT2D eigenvalue weighted by Crippen LogP contribution is 2.43. The lowest BCUT2D eigenvalue weighted by atomic mass is 9.85. The van der Waals surface area contributed by atoms with Gasteiger partial charge in [-0.3, -0.25) is 4.79 Å². The van der Waals surface area contributed by atoms with E-state index in [1.807, 2.05) is 41.3 Å². The summed E-state index contributed by atoms with van der Waals surface area (Å²) in [5, 5.41) is 13.7. The van der Waals surface area contributed by atoms with Crippen LogP contribution >= 0.6 is 27.7 Å². The van der Waals surface area contributed by atoms with Crippen molar-refractivity contribution in [1.29, 1.82) is 0 Å². The quantitative estimate of drug-likeness (QED) is 0.487. The Morgan fingerprint density at radius 3 is 2.68 bits per heavy atom. The van der Waals surface area contributed by atoms with Crippen molar-refractivity contribution in [2.75, 3.05) is 12.4 Å². The van der Waals surface area contributed by atoms with Crippen molar-refractivity contribution in [3.05, 3.63) is 57.4 Å². The third-order valence-electron chi connectivity index (χ3n) is 5.99. The molecule has 2 N–H and O–H groups in total. The second-order valence-electron chi connectivity index (χ2n) is 8.08. The molecule has 2 aromatic carbocycles. The Morgan fingerprint density at radius 1 is 1.23 bits per heavy atom. The summed E-state index contributed by atoms with van der Waals surface area (Å²) < 4.78 is 5.80.